The predicted molar refractivity (Wildman–Crippen MR) is 70.9 cm³/mol. The Balaban J connectivity index is 2.56. The highest BCUT2D eigenvalue weighted by atomic mass is 35.5. The summed E-state index contributed by atoms with van der Waals surface area (Å²) in [7, 11) is 1.63. The van der Waals surface area contributed by atoms with Crippen molar-refractivity contribution in [1.82, 2.24) is 15.2 Å². The summed E-state index contributed by atoms with van der Waals surface area (Å²) in [5, 5.41) is 7.58. The molecule has 4 nitrogen and oxygen atoms in total. The molecule has 0 aliphatic carbocycles. The van der Waals surface area contributed by atoms with Gasteiger partial charge in [0, 0.05) is 5.56 Å². The monoisotopic (exact) mass is 263 g/mol. The fourth-order valence-electron chi connectivity index (χ4n) is 1.70. The Bertz CT molecular complexity index is 558. The molecule has 2 aromatic rings. The third kappa shape index (κ3) is 2.59. The van der Waals surface area contributed by atoms with Crippen LogP contribution >= 0.6 is 11.6 Å². The summed E-state index contributed by atoms with van der Waals surface area (Å²) in [6.45, 7) is 4.27. The topological polar surface area (TPSA) is 47.9 Å². The summed E-state index contributed by atoms with van der Waals surface area (Å²) in [5.41, 5.74) is 2.75. The maximum Gasteiger partial charge on any atom is 0.243 e. The Labute approximate surface area is 111 Å². The number of hydrogen-bond donors (Lipinski definition) is 0. The van der Waals surface area contributed by atoms with Gasteiger partial charge in [-0.2, -0.15) is 5.10 Å². The van der Waals surface area contributed by atoms with Gasteiger partial charge >= 0.3 is 0 Å². The van der Waals surface area contributed by atoms with E-state index in [0.717, 1.165) is 11.3 Å². The maximum absolute atomic E-state index is 5.77. The van der Waals surface area contributed by atoms with E-state index in [1.165, 1.54) is 5.56 Å². The zero-order valence-corrected chi connectivity index (χ0v) is 11.3. The van der Waals surface area contributed by atoms with Crippen LogP contribution in [0.15, 0.2) is 24.4 Å². The fourth-order valence-corrected chi connectivity index (χ4v) is 1.83. The van der Waals surface area contributed by atoms with Crippen LogP contribution in [0.5, 0.6) is 5.75 Å². The van der Waals surface area contributed by atoms with E-state index in [1.807, 2.05) is 18.2 Å². The zero-order valence-electron chi connectivity index (χ0n) is 10.5. The molecular formula is C13H14ClN3O. The molecule has 0 saturated heterocycles. The van der Waals surface area contributed by atoms with Gasteiger partial charge in [0.1, 0.15) is 5.75 Å². The quantitative estimate of drug-likeness (QED) is 0.852. The average Bonchev–Trinajstić information content (AvgIpc) is 2.38. The van der Waals surface area contributed by atoms with Gasteiger partial charge in [0.05, 0.1) is 19.0 Å². The lowest BCUT2D eigenvalue weighted by Gasteiger charge is -2.12. The molecule has 2 rings (SSSR count). The molecule has 0 radical (unpaired) electrons. The van der Waals surface area contributed by atoms with Crippen molar-refractivity contribution >= 4 is 11.6 Å². The molecule has 18 heavy (non-hydrogen) atoms. The Morgan fingerprint density at radius 1 is 1.28 bits per heavy atom. The van der Waals surface area contributed by atoms with Gasteiger partial charge in [-0.15, -0.1) is 5.10 Å². The van der Waals surface area contributed by atoms with E-state index in [-0.39, 0.29) is 5.28 Å². The van der Waals surface area contributed by atoms with Crippen LogP contribution in [-0.4, -0.2) is 22.3 Å². The van der Waals surface area contributed by atoms with Crippen LogP contribution in [0.25, 0.3) is 11.3 Å². The standard InChI is InChI=1S/C13H14ClN3O/c1-8(2)9-4-5-12(18-3)10(6-9)11-7-15-17-13(14)16-11/h4-8H,1-3H3. The van der Waals surface area contributed by atoms with Crippen LogP contribution in [-0.2, 0) is 0 Å². The van der Waals surface area contributed by atoms with Crippen LogP contribution < -0.4 is 4.74 Å². The van der Waals surface area contributed by atoms with Crippen molar-refractivity contribution < 1.29 is 4.74 Å². The molecule has 0 amide bonds. The number of benzene rings is 1. The van der Waals surface area contributed by atoms with Gasteiger partial charge < -0.3 is 4.74 Å². The molecule has 0 aliphatic rings. The van der Waals surface area contributed by atoms with E-state index in [4.69, 9.17) is 16.3 Å². The molecule has 0 spiro atoms. The van der Waals surface area contributed by atoms with Gasteiger partial charge in [0.25, 0.3) is 0 Å². The first-order chi connectivity index (χ1) is 8.61. The van der Waals surface area contributed by atoms with Gasteiger partial charge in [0.15, 0.2) is 0 Å². The number of rotatable bonds is 3. The van der Waals surface area contributed by atoms with Crippen molar-refractivity contribution in [3.63, 3.8) is 0 Å². The van der Waals surface area contributed by atoms with Crippen molar-refractivity contribution in [2.45, 2.75) is 19.8 Å². The van der Waals surface area contributed by atoms with Crippen LogP contribution in [0.4, 0.5) is 0 Å². The van der Waals surface area contributed by atoms with E-state index < -0.39 is 0 Å². The second-order valence-corrected chi connectivity index (χ2v) is 4.56. The van der Waals surface area contributed by atoms with E-state index in [1.54, 1.807) is 13.3 Å². The van der Waals surface area contributed by atoms with Gasteiger partial charge in [-0.3, -0.25) is 0 Å². The van der Waals surface area contributed by atoms with E-state index in [9.17, 15) is 0 Å². The molecule has 1 heterocycles. The molecule has 0 unspecified atom stereocenters. The van der Waals surface area contributed by atoms with Crippen molar-refractivity contribution in [1.29, 1.82) is 0 Å². The molecule has 0 atom stereocenters. The highest BCUT2D eigenvalue weighted by molar-refractivity contribution is 6.28. The summed E-state index contributed by atoms with van der Waals surface area (Å²) >= 11 is 5.77. The molecule has 0 N–H and O–H groups in total. The highest BCUT2D eigenvalue weighted by Gasteiger charge is 2.11. The SMILES string of the molecule is COc1ccc(C(C)C)cc1-c1cnnc(Cl)n1. The minimum absolute atomic E-state index is 0.129. The number of halogens is 1. The minimum Gasteiger partial charge on any atom is -0.496 e. The lowest BCUT2D eigenvalue weighted by Crippen LogP contribution is -1.96. The molecule has 1 aromatic heterocycles. The number of hydrogen-bond acceptors (Lipinski definition) is 4. The first-order valence-corrected chi connectivity index (χ1v) is 6.03. The number of ether oxygens (including phenoxy) is 1. The van der Waals surface area contributed by atoms with Gasteiger partial charge in [-0.1, -0.05) is 19.9 Å². The number of aromatic nitrogens is 3. The molecule has 1 aromatic carbocycles. The maximum atomic E-state index is 5.77. The average molecular weight is 264 g/mol. The Morgan fingerprint density at radius 2 is 2.06 bits per heavy atom. The molecule has 0 fully saturated rings. The van der Waals surface area contributed by atoms with Gasteiger partial charge in [-0.05, 0) is 35.2 Å². The van der Waals surface area contributed by atoms with Gasteiger partial charge in [-0.25, -0.2) is 4.98 Å². The van der Waals surface area contributed by atoms with Gasteiger partial charge in [0.2, 0.25) is 5.28 Å². The third-order valence-electron chi connectivity index (χ3n) is 2.70. The minimum atomic E-state index is 0.129. The van der Waals surface area contributed by atoms with Crippen LogP contribution in [0.1, 0.15) is 25.3 Å². The smallest absolute Gasteiger partial charge is 0.243 e. The molecule has 0 aliphatic heterocycles. The lowest BCUT2D eigenvalue weighted by molar-refractivity contribution is 0.416. The summed E-state index contributed by atoms with van der Waals surface area (Å²) in [4.78, 5) is 4.16. The molecule has 0 bridgehead atoms. The first-order valence-electron chi connectivity index (χ1n) is 5.65. The number of nitrogens with zero attached hydrogens (tertiary/aromatic N) is 3. The Hall–Kier alpha value is -1.68. The molecule has 0 saturated carbocycles. The molecular weight excluding hydrogens is 250 g/mol. The van der Waals surface area contributed by atoms with Crippen molar-refractivity contribution in [2.75, 3.05) is 7.11 Å². The lowest BCUT2D eigenvalue weighted by atomic mass is 9.99. The second kappa shape index (κ2) is 5.31. The normalized spacial score (nSPS) is 10.7. The summed E-state index contributed by atoms with van der Waals surface area (Å²) in [6, 6.07) is 6.02. The predicted octanol–water partition coefficient (Wildman–Crippen LogP) is 3.32. The second-order valence-electron chi connectivity index (χ2n) is 4.23. The Kier molecular flexibility index (Phi) is 3.77. The summed E-state index contributed by atoms with van der Waals surface area (Å²) in [5.74, 6) is 1.18. The van der Waals surface area contributed by atoms with Crippen LogP contribution in [0.3, 0.4) is 0 Å². The van der Waals surface area contributed by atoms with E-state index in [0.29, 0.717) is 11.6 Å². The zero-order chi connectivity index (χ0) is 13.1. The number of methoxy groups -OCH3 is 1. The van der Waals surface area contributed by atoms with Crippen molar-refractivity contribution in [3.05, 3.63) is 35.2 Å². The fraction of sp³-hybridized carbons (Fsp3) is 0.308. The molecule has 5 heteroatoms. The van der Waals surface area contributed by atoms with Crippen molar-refractivity contribution in [2.24, 2.45) is 0 Å². The van der Waals surface area contributed by atoms with Crippen LogP contribution in [0, 0.1) is 0 Å². The summed E-state index contributed by atoms with van der Waals surface area (Å²) in [6.07, 6.45) is 1.58. The van der Waals surface area contributed by atoms with Crippen molar-refractivity contribution in [3.8, 4) is 17.0 Å². The third-order valence-corrected chi connectivity index (χ3v) is 2.86. The first kappa shape index (κ1) is 12.8. The van der Waals surface area contributed by atoms with E-state index in [2.05, 4.69) is 29.0 Å². The summed E-state index contributed by atoms with van der Waals surface area (Å²) < 4.78 is 5.34. The highest BCUT2D eigenvalue weighted by Crippen LogP contribution is 2.31. The molecule has 94 valence electrons. The van der Waals surface area contributed by atoms with E-state index >= 15 is 0 Å². The Morgan fingerprint density at radius 3 is 2.67 bits per heavy atom. The van der Waals surface area contributed by atoms with Crippen LogP contribution in [0.2, 0.25) is 5.28 Å². The largest absolute Gasteiger partial charge is 0.496 e.